The average molecular weight is 560 g/mol. The molecule has 0 aromatic heterocycles. The van der Waals surface area contributed by atoms with Crippen LogP contribution in [-0.2, 0) is 9.59 Å². The number of alkyl halides is 4. The van der Waals surface area contributed by atoms with Crippen molar-refractivity contribution < 1.29 is 42.2 Å². The van der Waals surface area contributed by atoms with Crippen LogP contribution < -0.4 is 5.73 Å². The summed E-state index contributed by atoms with van der Waals surface area (Å²) in [5.41, 5.74) is 7.22. The van der Waals surface area contributed by atoms with E-state index in [1.807, 2.05) is 12.1 Å². The maximum absolute atomic E-state index is 13.5. The highest BCUT2D eigenvalue weighted by molar-refractivity contribution is 5.92. The van der Waals surface area contributed by atoms with Gasteiger partial charge in [0.2, 0.25) is 11.8 Å². The van der Waals surface area contributed by atoms with E-state index in [1.54, 1.807) is 11.0 Å². The summed E-state index contributed by atoms with van der Waals surface area (Å²) in [6.45, 7) is 1.58. The van der Waals surface area contributed by atoms with Crippen LogP contribution in [0, 0.1) is 5.92 Å². The first-order valence-electron chi connectivity index (χ1n) is 13.4. The number of benzene rings is 1. The average Bonchev–Trinajstić information content (AvgIpc) is 3.13. The monoisotopic (exact) mass is 559 g/mol. The molecule has 2 unspecified atom stereocenters. The fourth-order valence-corrected chi connectivity index (χ4v) is 6.13. The van der Waals surface area contributed by atoms with E-state index in [-0.39, 0.29) is 11.8 Å². The Balaban J connectivity index is 0.000000532. The molecule has 12 heteroatoms. The molecule has 4 N–H and O–H groups in total. The van der Waals surface area contributed by atoms with Crippen molar-refractivity contribution in [3.8, 4) is 0 Å². The van der Waals surface area contributed by atoms with Crippen molar-refractivity contribution in [3.05, 3.63) is 35.4 Å². The van der Waals surface area contributed by atoms with Crippen LogP contribution in [-0.4, -0.2) is 88.5 Å². The SMILES string of the molecule is NC(=O)c1cccc(C2CC3CCC(C2)N3CCN(CC2CCC(F)CC2)C(=O)CO)c1.O=C(O)C(F)(F)F. The highest BCUT2D eigenvalue weighted by Gasteiger charge is 2.41. The van der Waals surface area contributed by atoms with Gasteiger partial charge in [0.15, 0.2) is 0 Å². The van der Waals surface area contributed by atoms with Gasteiger partial charge in [-0.1, -0.05) is 12.1 Å². The Bertz CT molecular complexity index is 986. The number of carbonyl (C=O) groups excluding carboxylic acids is 2. The van der Waals surface area contributed by atoms with Gasteiger partial charge in [0.1, 0.15) is 12.8 Å². The zero-order valence-electron chi connectivity index (χ0n) is 21.8. The van der Waals surface area contributed by atoms with E-state index in [2.05, 4.69) is 11.0 Å². The van der Waals surface area contributed by atoms with Gasteiger partial charge in [0, 0.05) is 37.3 Å². The number of fused-ring (bicyclic) bond motifs is 2. The maximum Gasteiger partial charge on any atom is 0.490 e. The first-order valence-corrected chi connectivity index (χ1v) is 13.4. The molecule has 2 heterocycles. The largest absolute Gasteiger partial charge is 0.490 e. The number of carboxylic acid groups (broad SMARTS) is 1. The molecule has 2 amide bonds. The smallest absolute Gasteiger partial charge is 0.475 e. The molecule has 4 rings (SSSR count). The highest BCUT2D eigenvalue weighted by Crippen LogP contribution is 2.43. The normalized spacial score (nSPS) is 26.8. The molecule has 0 spiro atoms. The lowest BCUT2D eigenvalue weighted by Gasteiger charge is -2.40. The molecule has 218 valence electrons. The highest BCUT2D eigenvalue weighted by atomic mass is 19.4. The Morgan fingerprint density at radius 3 is 2.13 bits per heavy atom. The van der Waals surface area contributed by atoms with Gasteiger partial charge in [0.25, 0.3) is 0 Å². The molecule has 2 aliphatic heterocycles. The number of hydrogen-bond donors (Lipinski definition) is 3. The van der Waals surface area contributed by atoms with Crippen LogP contribution in [0.2, 0.25) is 0 Å². The first-order chi connectivity index (χ1) is 18.4. The van der Waals surface area contributed by atoms with Crippen molar-refractivity contribution in [1.82, 2.24) is 9.80 Å². The van der Waals surface area contributed by atoms with Crippen LogP contribution in [0.15, 0.2) is 24.3 Å². The molecule has 2 bridgehead atoms. The standard InChI is InChI=1S/C25H36FN3O3.C2HF3O2/c26-21-6-4-17(5-7-21)15-28(24(31)16-30)10-11-29-22-8-9-23(29)14-20(13-22)18-2-1-3-19(12-18)25(27)32;3-2(4,5)1(6)7/h1-3,12,17,20-23,30H,4-11,13-16H2,(H2,27,32);(H,6,7). The van der Waals surface area contributed by atoms with E-state index in [4.69, 9.17) is 15.6 Å². The molecular formula is C27H37F4N3O5. The van der Waals surface area contributed by atoms with Gasteiger partial charge >= 0.3 is 12.1 Å². The van der Waals surface area contributed by atoms with Gasteiger partial charge in [-0.2, -0.15) is 13.2 Å². The van der Waals surface area contributed by atoms with Gasteiger partial charge in [-0.25, -0.2) is 9.18 Å². The lowest BCUT2D eigenvalue weighted by molar-refractivity contribution is -0.192. The number of primary amides is 1. The van der Waals surface area contributed by atoms with E-state index in [0.717, 1.165) is 45.1 Å². The van der Waals surface area contributed by atoms with Crippen LogP contribution >= 0.6 is 0 Å². The molecule has 2 atom stereocenters. The van der Waals surface area contributed by atoms with E-state index in [1.165, 1.54) is 5.56 Å². The third kappa shape index (κ3) is 8.63. The number of carbonyl (C=O) groups is 3. The number of hydrogen-bond acceptors (Lipinski definition) is 5. The molecule has 1 aromatic rings. The molecule has 2 saturated heterocycles. The van der Waals surface area contributed by atoms with Crippen molar-refractivity contribution in [2.75, 3.05) is 26.2 Å². The van der Waals surface area contributed by atoms with Crippen LogP contribution in [0.4, 0.5) is 17.6 Å². The molecular weight excluding hydrogens is 522 g/mol. The van der Waals surface area contributed by atoms with Crippen LogP contribution in [0.5, 0.6) is 0 Å². The summed E-state index contributed by atoms with van der Waals surface area (Å²) >= 11 is 0. The summed E-state index contributed by atoms with van der Waals surface area (Å²) in [7, 11) is 0. The summed E-state index contributed by atoms with van der Waals surface area (Å²) in [6, 6.07) is 8.67. The summed E-state index contributed by atoms with van der Waals surface area (Å²) in [4.78, 5) is 37.2. The summed E-state index contributed by atoms with van der Waals surface area (Å²) < 4.78 is 45.2. The molecule has 0 radical (unpaired) electrons. The van der Waals surface area contributed by atoms with E-state index < -0.39 is 24.9 Å². The molecule has 3 fully saturated rings. The fourth-order valence-electron chi connectivity index (χ4n) is 6.13. The molecule has 8 nitrogen and oxygen atoms in total. The summed E-state index contributed by atoms with van der Waals surface area (Å²) in [5, 5.41) is 16.6. The Kier molecular flexibility index (Phi) is 10.7. The number of halogens is 4. The predicted molar refractivity (Wildman–Crippen MR) is 135 cm³/mol. The predicted octanol–water partition coefficient (Wildman–Crippen LogP) is 3.48. The second kappa shape index (κ2) is 13.6. The number of piperidine rings is 1. The van der Waals surface area contributed by atoms with Crippen molar-refractivity contribution in [2.24, 2.45) is 11.7 Å². The lowest BCUT2D eigenvalue weighted by atomic mass is 9.84. The maximum atomic E-state index is 13.5. The molecule has 3 aliphatic rings. The number of aliphatic hydroxyl groups is 1. The van der Waals surface area contributed by atoms with Gasteiger partial charge in [-0.3, -0.25) is 14.5 Å². The molecule has 1 saturated carbocycles. The van der Waals surface area contributed by atoms with Gasteiger partial charge in [-0.15, -0.1) is 0 Å². The number of aliphatic carboxylic acids is 1. The van der Waals surface area contributed by atoms with E-state index in [0.29, 0.717) is 55.4 Å². The minimum Gasteiger partial charge on any atom is -0.475 e. The summed E-state index contributed by atoms with van der Waals surface area (Å²) in [6.07, 6.45) is 1.43. The van der Waals surface area contributed by atoms with Crippen molar-refractivity contribution >= 4 is 17.8 Å². The number of nitrogens with two attached hydrogens (primary N) is 1. The van der Waals surface area contributed by atoms with Crippen molar-refractivity contribution in [3.63, 3.8) is 0 Å². The quantitative estimate of drug-likeness (QED) is 0.419. The Hall–Kier alpha value is -2.73. The second-order valence-corrected chi connectivity index (χ2v) is 10.7. The van der Waals surface area contributed by atoms with Crippen LogP contribution in [0.25, 0.3) is 0 Å². The zero-order chi connectivity index (χ0) is 28.7. The van der Waals surface area contributed by atoms with Crippen LogP contribution in [0.3, 0.4) is 0 Å². The fraction of sp³-hybridized carbons (Fsp3) is 0.667. The van der Waals surface area contributed by atoms with Crippen LogP contribution in [0.1, 0.15) is 73.2 Å². The van der Waals surface area contributed by atoms with Gasteiger partial charge in [0.05, 0.1) is 0 Å². The topological polar surface area (TPSA) is 124 Å². The minimum absolute atomic E-state index is 0.224. The van der Waals surface area contributed by atoms with E-state index in [9.17, 15) is 32.3 Å². The number of rotatable bonds is 8. The molecule has 39 heavy (non-hydrogen) atoms. The Labute approximate surface area is 225 Å². The molecule has 1 aliphatic carbocycles. The zero-order valence-corrected chi connectivity index (χ0v) is 21.8. The number of carboxylic acids is 1. The lowest BCUT2D eigenvalue weighted by Crippen LogP contribution is -2.48. The summed E-state index contributed by atoms with van der Waals surface area (Å²) in [5.74, 6) is -2.61. The number of nitrogens with zero attached hydrogens (tertiary/aromatic N) is 2. The third-order valence-corrected chi connectivity index (χ3v) is 8.14. The molecule has 1 aromatic carbocycles. The first kappa shape index (κ1) is 30.8. The van der Waals surface area contributed by atoms with E-state index >= 15 is 0 Å². The van der Waals surface area contributed by atoms with Crippen molar-refractivity contribution in [2.45, 2.75) is 81.7 Å². The minimum atomic E-state index is -5.08. The number of aliphatic hydroxyl groups excluding tert-OH is 1. The second-order valence-electron chi connectivity index (χ2n) is 10.7. The Morgan fingerprint density at radius 2 is 1.62 bits per heavy atom. The third-order valence-electron chi connectivity index (χ3n) is 8.14. The van der Waals surface area contributed by atoms with Gasteiger partial charge in [-0.05, 0) is 80.9 Å². The Morgan fingerprint density at radius 1 is 1.03 bits per heavy atom. The number of amides is 2. The van der Waals surface area contributed by atoms with Gasteiger partial charge < -0.3 is 20.8 Å². The van der Waals surface area contributed by atoms with Crippen molar-refractivity contribution in [1.29, 1.82) is 0 Å².